The van der Waals surface area contributed by atoms with Gasteiger partial charge in [-0.1, -0.05) is 146 Å². The van der Waals surface area contributed by atoms with Crippen molar-refractivity contribution in [2.75, 3.05) is 4.90 Å². The molecule has 3 nitrogen and oxygen atoms in total. The number of rotatable bonds is 7. The molecule has 1 N–H and O–H groups in total. The zero-order valence-corrected chi connectivity index (χ0v) is 27.5. The van der Waals surface area contributed by atoms with Crippen molar-refractivity contribution in [2.45, 2.75) is 6.54 Å². The van der Waals surface area contributed by atoms with E-state index in [0.717, 1.165) is 50.5 Å². The minimum atomic E-state index is 0.669. The van der Waals surface area contributed by atoms with Gasteiger partial charge >= 0.3 is 0 Å². The molecule has 238 valence electrons. The zero-order valence-electron chi connectivity index (χ0n) is 27.5. The van der Waals surface area contributed by atoms with Gasteiger partial charge in [-0.05, 0) is 81.6 Å². The summed E-state index contributed by atoms with van der Waals surface area (Å²) in [5.74, 6) is 0.953. The molecule has 8 aromatic rings. The molecule has 0 saturated carbocycles. The summed E-state index contributed by atoms with van der Waals surface area (Å²) in [6.45, 7) is 0.669. The highest BCUT2D eigenvalue weighted by Gasteiger charge is 2.24. The first kappa shape index (κ1) is 29.6. The lowest BCUT2D eigenvalue weighted by molar-refractivity contribution is 0.532. The fourth-order valence-electron chi connectivity index (χ4n) is 7.07. The van der Waals surface area contributed by atoms with Crippen LogP contribution in [0.3, 0.4) is 0 Å². The fourth-order valence-corrected chi connectivity index (χ4v) is 7.07. The first-order chi connectivity index (χ1) is 24.8. The average molecular weight is 643 g/mol. The van der Waals surface area contributed by atoms with Crippen LogP contribution in [0.5, 0.6) is 0 Å². The van der Waals surface area contributed by atoms with Crippen molar-refractivity contribution < 1.29 is 4.42 Å². The van der Waals surface area contributed by atoms with Crippen molar-refractivity contribution in [1.82, 2.24) is 5.32 Å². The number of benzene rings is 7. The molecule has 0 spiro atoms. The highest BCUT2D eigenvalue weighted by atomic mass is 16.3. The lowest BCUT2D eigenvalue weighted by Crippen LogP contribution is -2.12. The van der Waals surface area contributed by atoms with Crippen LogP contribution in [-0.4, -0.2) is 0 Å². The Labute approximate surface area is 292 Å². The smallest absolute Gasteiger partial charge is 0.137 e. The van der Waals surface area contributed by atoms with E-state index in [0.29, 0.717) is 6.54 Å². The third-order valence-electron chi connectivity index (χ3n) is 9.58. The van der Waals surface area contributed by atoms with E-state index in [9.17, 15) is 0 Å². The molecular formula is C47H34N2O. The van der Waals surface area contributed by atoms with Crippen LogP contribution in [0.2, 0.25) is 0 Å². The predicted octanol–water partition coefficient (Wildman–Crippen LogP) is 12.6. The number of nitrogens with zero attached hydrogens (tertiary/aromatic N) is 1. The maximum Gasteiger partial charge on any atom is 0.137 e. The van der Waals surface area contributed by atoms with Gasteiger partial charge in [0.15, 0.2) is 0 Å². The first-order valence-electron chi connectivity index (χ1n) is 17.1. The van der Waals surface area contributed by atoms with Crippen molar-refractivity contribution in [2.24, 2.45) is 0 Å². The average Bonchev–Trinajstić information content (AvgIpc) is 3.59. The Balaban J connectivity index is 1.16. The monoisotopic (exact) mass is 642 g/mol. The summed E-state index contributed by atoms with van der Waals surface area (Å²) in [5.41, 5.74) is 14.8. The quantitative estimate of drug-likeness (QED) is 0.187. The van der Waals surface area contributed by atoms with Crippen LogP contribution >= 0.6 is 0 Å². The normalized spacial score (nSPS) is 12.0. The SMILES string of the molecule is C1=Cc2c(oc3cccc(N(c4ccc(-c5ccc(-c6ccccc6)cc5)cc4)c4ccccc4-c4ccc(-c5ccccc5)cc4)c23)CN1. The maximum absolute atomic E-state index is 6.40. The van der Waals surface area contributed by atoms with Crippen LogP contribution in [0, 0.1) is 0 Å². The van der Waals surface area contributed by atoms with E-state index < -0.39 is 0 Å². The molecule has 3 heteroatoms. The summed E-state index contributed by atoms with van der Waals surface area (Å²) < 4.78 is 6.40. The van der Waals surface area contributed by atoms with E-state index >= 15 is 0 Å². The summed E-state index contributed by atoms with van der Waals surface area (Å²) in [5, 5.41) is 4.41. The molecule has 0 amide bonds. The molecule has 1 aliphatic heterocycles. The Morgan fingerprint density at radius 2 is 0.940 bits per heavy atom. The van der Waals surface area contributed by atoms with Crippen molar-refractivity contribution in [1.29, 1.82) is 0 Å². The molecule has 9 rings (SSSR count). The van der Waals surface area contributed by atoms with Gasteiger partial charge in [0.25, 0.3) is 0 Å². The van der Waals surface area contributed by atoms with E-state index in [-0.39, 0.29) is 0 Å². The Bertz CT molecular complexity index is 2440. The first-order valence-corrected chi connectivity index (χ1v) is 17.1. The summed E-state index contributed by atoms with van der Waals surface area (Å²) in [6, 6.07) is 62.8. The second kappa shape index (κ2) is 12.8. The van der Waals surface area contributed by atoms with Gasteiger partial charge in [0.1, 0.15) is 11.3 Å². The number of para-hydroxylation sites is 1. The van der Waals surface area contributed by atoms with Gasteiger partial charge in [-0.15, -0.1) is 0 Å². The van der Waals surface area contributed by atoms with Crippen LogP contribution in [0.4, 0.5) is 17.1 Å². The molecule has 0 unspecified atom stereocenters. The molecule has 0 aliphatic carbocycles. The lowest BCUT2D eigenvalue weighted by atomic mass is 9.97. The largest absolute Gasteiger partial charge is 0.458 e. The molecular weight excluding hydrogens is 609 g/mol. The van der Waals surface area contributed by atoms with Gasteiger partial charge in [-0.3, -0.25) is 0 Å². The van der Waals surface area contributed by atoms with Crippen molar-refractivity contribution in [3.8, 4) is 44.5 Å². The van der Waals surface area contributed by atoms with Gasteiger partial charge in [0.05, 0.1) is 23.3 Å². The number of hydrogen-bond donors (Lipinski definition) is 1. The number of hydrogen-bond acceptors (Lipinski definition) is 3. The highest BCUT2D eigenvalue weighted by molar-refractivity contribution is 6.04. The van der Waals surface area contributed by atoms with Gasteiger partial charge < -0.3 is 14.6 Å². The zero-order chi connectivity index (χ0) is 33.3. The summed E-state index contributed by atoms with van der Waals surface area (Å²) in [4.78, 5) is 2.39. The number of anilines is 3. The molecule has 0 fully saturated rings. The van der Waals surface area contributed by atoms with E-state index in [1.165, 1.54) is 33.4 Å². The van der Waals surface area contributed by atoms with Gasteiger partial charge in [0, 0.05) is 16.8 Å². The number of furan rings is 1. The number of nitrogens with one attached hydrogen (secondary N) is 1. The molecule has 1 aromatic heterocycles. The Hall–Kier alpha value is -6.58. The second-order valence-corrected chi connectivity index (χ2v) is 12.6. The molecule has 1 aliphatic rings. The van der Waals surface area contributed by atoms with Crippen LogP contribution < -0.4 is 10.2 Å². The lowest BCUT2D eigenvalue weighted by Gasteiger charge is -2.29. The van der Waals surface area contributed by atoms with E-state index in [2.05, 4.69) is 192 Å². The molecule has 0 atom stereocenters. The third-order valence-corrected chi connectivity index (χ3v) is 9.58. The van der Waals surface area contributed by atoms with Crippen molar-refractivity contribution >= 4 is 34.1 Å². The minimum absolute atomic E-state index is 0.669. The molecule has 0 bridgehead atoms. The maximum atomic E-state index is 6.40. The van der Waals surface area contributed by atoms with Crippen LogP contribution in [-0.2, 0) is 6.54 Å². The van der Waals surface area contributed by atoms with Crippen LogP contribution in [0.15, 0.2) is 187 Å². The van der Waals surface area contributed by atoms with Gasteiger partial charge in [-0.2, -0.15) is 0 Å². The minimum Gasteiger partial charge on any atom is -0.458 e. The fraction of sp³-hybridized carbons (Fsp3) is 0.0213. The van der Waals surface area contributed by atoms with Crippen LogP contribution in [0.25, 0.3) is 61.6 Å². The van der Waals surface area contributed by atoms with Gasteiger partial charge in [0.2, 0.25) is 0 Å². The Morgan fingerprint density at radius 1 is 0.440 bits per heavy atom. The number of fused-ring (bicyclic) bond motifs is 3. The van der Waals surface area contributed by atoms with E-state index in [4.69, 9.17) is 4.42 Å². The molecule has 0 radical (unpaired) electrons. The van der Waals surface area contributed by atoms with Gasteiger partial charge in [-0.25, -0.2) is 0 Å². The van der Waals surface area contributed by atoms with Crippen molar-refractivity contribution in [3.63, 3.8) is 0 Å². The van der Waals surface area contributed by atoms with Crippen molar-refractivity contribution in [3.05, 3.63) is 193 Å². The Morgan fingerprint density at radius 3 is 1.56 bits per heavy atom. The summed E-state index contributed by atoms with van der Waals surface area (Å²) in [6.07, 6.45) is 4.14. The second-order valence-electron chi connectivity index (χ2n) is 12.6. The highest BCUT2D eigenvalue weighted by Crippen LogP contribution is 2.46. The molecule has 2 heterocycles. The third kappa shape index (κ3) is 5.45. The molecule has 7 aromatic carbocycles. The standard InChI is InChI=1S/C47H34N2O/c1-3-10-33(11-4-1)35-18-20-37(21-19-35)38-26-28-40(29-27-38)49(44-16-9-17-45-47(44)42-30-31-48-32-46(42)50-45)43-15-8-7-14-41(43)39-24-22-36(23-25-39)34-12-5-2-6-13-34/h1-31,48H,32H2. The molecule has 0 saturated heterocycles. The molecule has 50 heavy (non-hydrogen) atoms. The summed E-state index contributed by atoms with van der Waals surface area (Å²) >= 11 is 0. The topological polar surface area (TPSA) is 28.4 Å². The predicted molar refractivity (Wildman–Crippen MR) is 209 cm³/mol. The van der Waals surface area contributed by atoms with E-state index in [1.807, 2.05) is 6.20 Å². The van der Waals surface area contributed by atoms with E-state index in [1.54, 1.807) is 0 Å². The summed E-state index contributed by atoms with van der Waals surface area (Å²) in [7, 11) is 0. The van der Waals surface area contributed by atoms with Crippen LogP contribution in [0.1, 0.15) is 11.3 Å². The Kier molecular flexibility index (Phi) is 7.56.